The normalized spacial score (nSPS) is 10.3. The van der Waals surface area contributed by atoms with Gasteiger partial charge in [-0.2, -0.15) is 0 Å². The number of amides is 1. The largest absolute Gasteiger partial charge is 0.372 e. The van der Waals surface area contributed by atoms with Gasteiger partial charge in [0.05, 0.1) is 5.56 Å². The van der Waals surface area contributed by atoms with Crippen LogP contribution in [0.25, 0.3) is 0 Å². The smallest absolute Gasteiger partial charge is 0.258 e. The van der Waals surface area contributed by atoms with Gasteiger partial charge >= 0.3 is 0 Å². The number of hydrogen-bond donors (Lipinski definition) is 2. The Hall–Kier alpha value is -3.41. The molecule has 27 heavy (non-hydrogen) atoms. The van der Waals surface area contributed by atoms with Crippen molar-refractivity contribution in [3.63, 3.8) is 0 Å². The summed E-state index contributed by atoms with van der Waals surface area (Å²) in [6, 6.07) is 17.4. The molecule has 3 rings (SSSR count). The molecule has 0 unspecified atom stereocenters. The Morgan fingerprint density at radius 3 is 2.11 bits per heavy atom. The van der Waals surface area contributed by atoms with E-state index in [1.54, 1.807) is 0 Å². The van der Waals surface area contributed by atoms with Gasteiger partial charge in [-0.15, -0.1) is 0 Å². The van der Waals surface area contributed by atoms with E-state index in [-0.39, 0.29) is 5.91 Å². The van der Waals surface area contributed by atoms with Crippen molar-refractivity contribution < 1.29 is 4.79 Å². The van der Waals surface area contributed by atoms with Gasteiger partial charge in [0.15, 0.2) is 0 Å². The summed E-state index contributed by atoms with van der Waals surface area (Å²) in [4.78, 5) is 23.0. The van der Waals surface area contributed by atoms with Crippen LogP contribution in [0, 0.1) is 0 Å². The molecule has 0 atom stereocenters. The van der Waals surface area contributed by atoms with Crippen molar-refractivity contribution in [2.45, 2.75) is 13.8 Å². The van der Waals surface area contributed by atoms with Crippen LogP contribution in [0.2, 0.25) is 0 Å². The van der Waals surface area contributed by atoms with E-state index < -0.39 is 0 Å². The lowest BCUT2D eigenvalue weighted by Gasteiger charge is -2.21. The van der Waals surface area contributed by atoms with Gasteiger partial charge in [-0.05, 0) is 50.2 Å². The quantitative estimate of drug-likeness (QED) is 0.656. The van der Waals surface area contributed by atoms with Crippen LogP contribution in [0.15, 0.2) is 67.0 Å². The molecule has 0 spiro atoms. The van der Waals surface area contributed by atoms with Crippen molar-refractivity contribution in [3.05, 3.63) is 72.6 Å². The summed E-state index contributed by atoms with van der Waals surface area (Å²) in [6.45, 7) is 6.22. The van der Waals surface area contributed by atoms with Crippen LogP contribution in [0.1, 0.15) is 24.2 Å². The van der Waals surface area contributed by atoms with Gasteiger partial charge in [0.1, 0.15) is 0 Å². The Morgan fingerprint density at radius 1 is 0.889 bits per heavy atom. The minimum Gasteiger partial charge on any atom is -0.372 e. The Balaban J connectivity index is 1.63. The van der Waals surface area contributed by atoms with E-state index in [2.05, 4.69) is 51.5 Å². The Labute approximate surface area is 159 Å². The van der Waals surface area contributed by atoms with Crippen LogP contribution in [0.4, 0.5) is 23.0 Å². The first kappa shape index (κ1) is 18.4. The minimum absolute atomic E-state index is 0.240. The number of rotatable bonds is 7. The molecule has 0 aliphatic heterocycles. The average Bonchev–Trinajstić information content (AvgIpc) is 2.71. The zero-order chi connectivity index (χ0) is 19.1. The van der Waals surface area contributed by atoms with E-state index in [1.807, 2.05) is 42.5 Å². The molecule has 0 saturated carbocycles. The lowest BCUT2D eigenvalue weighted by Crippen LogP contribution is -2.21. The Kier molecular flexibility index (Phi) is 5.99. The van der Waals surface area contributed by atoms with Crippen LogP contribution in [0.3, 0.4) is 0 Å². The van der Waals surface area contributed by atoms with Crippen LogP contribution in [0.5, 0.6) is 0 Å². The fourth-order valence-electron chi connectivity index (χ4n) is 2.71. The summed E-state index contributed by atoms with van der Waals surface area (Å²) in [7, 11) is 0. The summed E-state index contributed by atoms with van der Waals surface area (Å²) in [5.41, 5.74) is 3.21. The number of nitrogens with zero attached hydrogens (tertiary/aromatic N) is 3. The standard InChI is InChI=1S/C21H23N5O/c1-3-26(4-2)19-12-10-18(11-13-19)25-21-22-14-16(15-23-21)20(27)24-17-8-6-5-7-9-17/h5-15H,3-4H2,1-2H3,(H,24,27)(H,22,23,25). The number of benzene rings is 2. The molecule has 2 N–H and O–H groups in total. The van der Waals surface area contributed by atoms with E-state index >= 15 is 0 Å². The van der Waals surface area contributed by atoms with Crippen molar-refractivity contribution in [2.75, 3.05) is 28.6 Å². The molecule has 1 heterocycles. The van der Waals surface area contributed by atoms with E-state index in [1.165, 1.54) is 18.1 Å². The average molecular weight is 361 g/mol. The molecule has 3 aromatic rings. The Bertz CT molecular complexity index is 859. The predicted molar refractivity (Wildman–Crippen MR) is 110 cm³/mol. The molecule has 6 nitrogen and oxygen atoms in total. The number of carbonyl (C=O) groups excluding carboxylic acids is 1. The van der Waals surface area contributed by atoms with Gasteiger partial charge in [-0.25, -0.2) is 9.97 Å². The van der Waals surface area contributed by atoms with Gasteiger partial charge in [0.25, 0.3) is 5.91 Å². The number of hydrogen-bond acceptors (Lipinski definition) is 5. The molecular formula is C21H23N5O. The highest BCUT2D eigenvalue weighted by atomic mass is 16.1. The van der Waals surface area contributed by atoms with Crippen LogP contribution in [-0.4, -0.2) is 29.0 Å². The summed E-state index contributed by atoms with van der Waals surface area (Å²) in [5.74, 6) is 0.207. The molecule has 138 valence electrons. The van der Waals surface area contributed by atoms with E-state index in [4.69, 9.17) is 0 Å². The third kappa shape index (κ3) is 4.82. The maximum atomic E-state index is 12.2. The highest BCUT2D eigenvalue weighted by molar-refractivity contribution is 6.03. The first-order valence-electron chi connectivity index (χ1n) is 9.00. The zero-order valence-electron chi connectivity index (χ0n) is 15.5. The fourth-order valence-corrected chi connectivity index (χ4v) is 2.71. The van der Waals surface area contributed by atoms with Crippen molar-refractivity contribution in [2.24, 2.45) is 0 Å². The highest BCUT2D eigenvalue weighted by Gasteiger charge is 2.08. The second kappa shape index (κ2) is 8.80. The minimum atomic E-state index is -0.240. The highest BCUT2D eigenvalue weighted by Crippen LogP contribution is 2.19. The fraction of sp³-hybridized carbons (Fsp3) is 0.190. The summed E-state index contributed by atoms with van der Waals surface area (Å²) in [6.07, 6.45) is 3.02. The SMILES string of the molecule is CCN(CC)c1ccc(Nc2ncc(C(=O)Nc3ccccc3)cn2)cc1. The monoisotopic (exact) mass is 361 g/mol. The molecule has 1 amide bonds. The molecule has 2 aromatic carbocycles. The van der Waals surface area contributed by atoms with Gasteiger partial charge in [-0.3, -0.25) is 4.79 Å². The maximum absolute atomic E-state index is 12.2. The van der Waals surface area contributed by atoms with Gasteiger partial charge in [0, 0.05) is 42.5 Å². The molecule has 6 heteroatoms. The number of anilines is 4. The lowest BCUT2D eigenvalue weighted by molar-refractivity contribution is 0.102. The van der Waals surface area contributed by atoms with Crippen molar-refractivity contribution in [1.29, 1.82) is 0 Å². The molecule has 0 aliphatic rings. The van der Waals surface area contributed by atoms with Crippen molar-refractivity contribution in [3.8, 4) is 0 Å². The van der Waals surface area contributed by atoms with Crippen molar-refractivity contribution >= 4 is 28.9 Å². The molecule has 1 aromatic heterocycles. The summed E-state index contributed by atoms with van der Waals surface area (Å²) >= 11 is 0. The predicted octanol–water partition coefficient (Wildman–Crippen LogP) is 4.32. The molecule has 0 aliphatic carbocycles. The topological polar surface area (TPSA) is 70.2 Å². The summed E-state index contributed by atoms with van der Waals surface area (Å²) in [5, 5.41) is 5.96. The first-order valence-corrected chi connectivity index (χ1v) is 9.00. The summed E-state index contributed by atoms with van der Waals surface area (Å²) < 4.78 is 0. The van der Waals surface area contributed by atoms with E-state index in [9.17, 15) is 4.79 Å². The Morgan fingerprint density at radius 2 is 1.52 bits per heavy atom. The number of para-hydroxylation sites is 1. The molecule has 0 bridgehead atoms. The van der Waals surface area contributed by atoms with Crippen LogP contribution >= 0.6 is 0 Å². The third-order valence-corrected chi connectivity index (χ3v) is 4.20. The van der Waals surface area contributed by atoms with Gasteiger partial charge in [-0.1, -0.05) is 18.2 Å². The van der Waals surface area contributed by atoms with E-state index in [0.717, 1.165) is 24.5 Å². The molecule has 0 radical (unpaired) electrons. The van der Waals surface area contributed by atoms with E-state index in [0.29, 0.717) is 11.5 Å². The van der Waals surface area contributed by atoms with Crippen molar-refractivity contribution in [1.82, 2.24) is 9.97 Å². The lowest BCUT2D eigenvalue weighted by atomic mass is 10.2. The molecule has 0 fully saturated rings. The molecule has 0 saturated heterocycles. The first-order chi connectivity index (χ1) is 13.2. The number of carbonyl (C=O) groups is 1. The number of aromatic nitrogens is 2. The van der Waals surface area contributed by atoms with Crippen LogP contribution in [-0.2, 0) is 0 Å². The zero-order valence-corrected chi connectivity index (χ0v) is 15.5. The maximum Gasteiger partial charge on any atom is 0.258 e. The third-order valence-electron chi connectivity index (χ3n) is 4.20. The van der Waals surface area contributed by atoms with Crippen LogP contribution < -0.4 is 15.5 Å². The van der Waals surface area contributed by atoms with Gasteiger partial charge in [0.2, 0.25) is 5.95 Å². The second-order valence-corrected chi connectivity index (χ2v) is 5.96. The molecular weight excluding hydrogens is 338 g/mol. The number of nitrogens with one attached hydrogen (secondary N) is 2. The second-order valence-electron chi connectivity index (χ2n) is 5.96. The van der Waals surface area contributed by atoms with Gasteiger partial charge < -0.3 is 15.5 Å².